The molecule has 0 aliphatic rings. The Kier molecular flexibility index (Phi) is 3.43. The van der Waals surface area contributed by atoms with Gasteiger partial charge in [0.15, 0.2) is 0 Å². The number of rotatable bonds is 3. The monoisotopic (exact) mass is 229 g/mol. The fraction of sp³-hybridized carbons (Fsp3) is 0.400. The lowest BCUT2D eigenvalue weighted by atomic mass is 10.00. The minimum absolute atomic E-state index is 0.0753. The number of benzene rings is 1. The minimum atomic E-state index is 0.0753. The van der Waals surface area contributed by atoms with Crippen LogP contribution in [0.5, 0.6) is 0 Å². The summed E-state index contributed by atoms with van der Waals surface area (Å²) >= 11 is 0. The van der Waals surface area contributed by atoms with Crippen LogP contribution in [0.3, 0.4) is 0 Å². The van der Waals surface area contributed by atoms with E-state index in [-0.39, 0.29) is 6.61 Å². The standard InChI is InChI=1S/C15H19NO/c1-4-11-6-5-7-13-12(9-17)8-14(10(2)3)16-15(11)13/h5-8,10,17H,4,9H2,1-3H3. The van der Waals surface area contributed by atoms with Gasteiger partial charge in [-0.2, -0.15) is 0 Å². The van der Waals surface area contributed by atoms with Gasteiger partial charge in [-0.3, -0.25) is 4.98 Å². The zero-order valence-corrected chi connectivity index (χ0v) is 10.7. The normalized spacial score (nSPS) is 11.4. The molecule has 2 aromatic rings. The van der Waals surface area contributed by atoms with Gasteiger partial charge in [0.1, 0.15) is 0 Å². The van der Waals surface area contributed by atoms with Gasteiger partial charge in [-0.05, 0) is 29.5 Å². The number of hydrogen-bond acceptors (Lipinski definition) is 2. The molecule has 0 amide bonds. The van der Waals surface area contributed by atoms with E-state index in [0.717, 1.165) is 28.6 Å². The second-order valence-electron chi connectivity index (χ2n) is 4.69. The maximum Gasteiger partial charge on any atom is 0.0740 e. The number of pyridine rings is 1. The van der Waals surface area contributed by atoms with E-state index in [9.17, 15) is 5.11 Å². The lowest BCUT2D eigenvalue weighted by molar-refractivity contribution is 0.283. The molecule has 2 rings (SSSR count). The summed E-state index contributed by atoms with van der Waals surface area (Å²) in [5.41, 5.74) is 4.33. The summed E-state index contributed by atoms with van der Waals surface area (Å²) in [6, 6.07) is 8.21. The first-order chi connectivity index (χ1) is 8.17. The molecule has 17 heavy (non-hydrogen) atoms. The maximum absolute atomic E-state index is 9.48. The average Bonchev–Trinajstić information content (AvgIpc) is 2.36. The Morgan fingerprint density at radius 3 is 2.59 bits per heavy atom. The molecular weight excluding hydrogens is 210 g/mol. The van der Waals surface area contributed by atoms with E-state index in [1.54, 1.807) is 0 Å². The summed E-state index contributed by atoms with van der Waals surface area (Å²) < 4.78 is 0. The fourth-order valence-corrected chi connectivity index (χ4v) is 2.11. The average molecular weight is 229 g/mol. The molecule has 0 atom stereocenters. The highest BCUT2D eigenvalue weighted by Gasteiger charge is 2.09. The van der Waals surface area contributed by atoms with Crippen LogP contribution in [-0.4, -0.2) is 10.1 Å². The van der Waals surface area contributed by atoms with Gasteiger partial charge < -0.3 is 5.11 Å². The van der Waals surface area contributed by atoms with E-state index in [4.69, 9.17) is 4.98 Å². The van der Waals surface area contributed by atoms with E-state index in [2.05, 4.69) is 26.8 Å². The molecule has 0 fully saturated rings. The molecule has 0 aliphatic heterocycles. The Hall–Kier alpha value is -1.41. The number of hydrogen-bond donors (Lipinski definition) is 1. The van der Waals surface area contributed by atoms with Crippen LogP contribution in [-0.2, 0) is 13.0 Å². The van der Waals surface area contributed by atoms with Gasteiger partial charge in [-0.15, -0.1) is 0 Å². The Morgan fingerprint density at radius 2 is 2.00 bits per heavy atom. The molecule has 0 unspecified atom stereocenters. The third-order valence-electron chi connectivity index (χ3n) is 3.17. The summed E-state index contributed by atoms with van der Waals surface area (Å²) in [4.78, 5) is 4.74. The van der Waals surface area contributed by atoms with E-state index in [0.29, 0.717) is 5.92 Å². The quantitative estimate of drug-likeness (QED) is 0.875. The van der Waals surface area contributed by atoms with Crippen LogP contribution in [0.25, 0.3) is 10.9 Å². The molecule has 0 radical (unpaired) electrons. The number of para-hydroxylation sites is 1. The molecule has 1 heterocycles. The third kappa shape index (κ3) is 2.18. The van der Waals surface area contributed by atoms with E-state index in [1.807, 2.05) is 18.2 Å². The lowest BCUT2D eigenvalue weighted by Gasteiger charge is -2.12. The summed E-state index contributed by atoms with van der Waals surface area (Å²) in [5.74, 6) is 0.384. The number of aliphatic hydroxyl groups is 1. The van der Waals surface area contributed by atoms with Crippen LogP contribution in [0.4, 0.5) is 0 Å². The molecule has 2 heteroatoms. The van der Waals surface area contributed by atoms with Crippen molar-refractivity contribution in [2.45, 2.75) is 39.7 Å². The predicted octanol–water partition coefficient (Wildman–Crippen LogP) is 3.41. The highest BCUT2D eigenvalue weighted by atomic mass is 16.3. The van der Waals surface area contributed by atoms with Crippen LogP contribution in [0.2, 0.25) is 0 Å². The molecule has 0 saturated carbocycles. The first-order valence-electron chi connectivity index (χ1n) is 6.19. The van der Waals surface area contributed by atoms with Crippen LogP contribution in [0.15, 0.2) is 24.3 Å². The summed E-state index contributed by atoms with van der Waals surface area (Å²) in [7, 11) is 0. The van der Waals surface area contributed by atoms with Crippen LogP contribution in [0, 0.1) is 0 Å². The highest BCUT2D eigenvalue weighted by molar-refractivity contribution is 5.85. The van der Waals surface area contributed by atoms with Crippen molar-refractivity contribution in [3.63, 3.8) is 0 Å². The van der Waals surface area contributed by atoms with E-state index < -0.39 is 0 Å². The Bertz CT molecular complexity index is 532. The number of fused-ring (bicyclic) bond motifs is 1. The molecule has 0 spiro atoms. The molecule has 1 aromatic carbocycles. The summed E-state index contributed by atoms with van der Waals surface area (Å²) in [5, 5.41) is 10.6. The van der Waals surface area contributed by atoms with E-state index >= 15 is 0 Å². The van der Waals surface area contributed by atoms with E-state index in [1.165, 1.54) is 5.56 Å². The number of aryl methyl sites for hydroxylation is 1. The van der Waals surface area contributed by atoms with Gasteiger partial charge in [-0.1, -0.05) is 39.0 Å². The molecule has 0 aliphatic carbocycles. The van der Waals surface area contributed by atoms with Crippen LogP contribution in [0.1, 0.15) is 43.5 Å². The molecule has 1 aromatic heterocycles. The smallest absolute Gasteiger partial charge is 0.0740 e. The SMILES string of the molecule is CCc1cccc2c(CO)cc(C(C)C)nc12. The van der Waals surface area contributed by atoms with Gasteiger partial charge in [0.2, 0.25) is 0 Å². The van der Waals surface area contributed by atoms with Gasteiger partial charge in [-0.25, -0.2) is 0 Å². The maximum atomic E-state index is 9.48. The van der Waals surface area contributed by atoms with Gasteiger partial charge >= 0.3 is 0 Å². The molecule has 90 valence electrons. The largest absolute Gasteiger partial charge is 0.392 e. The number of aromatic nitrogens is 1. The van der Waals surface area contributed by atoms with Crippen molar-refractivity contribution >= 4 is 10.9 Å². The molecule has 0 saturated heterocycles. The molecule has 1 N–H and O–H groups in total. The highest BCUT2D eigenvalue weighted by Crippen LogP contribution is 2.25. The molecule has 2 nitrogen and oxygen atoms in total. The van der Waals surface area contributed by atoms with Crippen LogP contribution < -0.4 is 0 Å². The summed E-state index contributed by atoms with van der Waals surface area (Å²) in [6.07, 6.45) is 0.969. The Labute approximate surface area is 102 Å². The van der Waals surface area contributed by atoms with Crippen molar-refractivity contribution in [3.8, 4) is 0 Å². The molecule has 0 bridgehead atoms. The van der Waals surface area contributed by atoms with Gasteiger partial charge in [0.05, 0.1) is 12.1 Å². The van der Waals surface area contributed by atoms with Crippen molar-refractivity contribution in [2.24, 2.45) is 0 Å². The number of aliphatic hydroxyl groups excluding tert-OH is 1. The second kappa shape index (κ2) is 4.84. The zero-order chi connectivity index (χ0) is 12.4. The number of nitrogens with zero attached hydrogens (tertiary/aromatic N) is 1. The Balaban J connectivity index is 2.78. The fourth-order valence-electron chi connectivity index (χ4n) is 2.11. The lowest BCUT2D eigenvalue weighted by Crippen LogP contribution is -1.99. The van der Waals surface area contributed by atoms with Crippen molar-refractivity contribution in [2.75, 3.05) is 0 Å². The van der Waals surface area contributed by atoms with Gasteiger partial charge in [0.25, 0.3) is 0 Å². The zero-order valence-electron chi connectivity index (χ0n) is 10.7. The van der Waals surface area contributed by atoms with Crippen LogP contribution >= 0.6 is 0 Å². The third-order valence-corrected chi connectivity index (χ3v) is 3.17. The second-order valence-corrected chi connectivity index (χ2v) is 4.69. The Morgan fingerprint density at radius 1 is 1.24 bits per heavy atom. The first kappa shape index (κ1) is 12.1. The minimum Gasteiger partial charge on any atom is -0.392 e. The van der Waals surface area contributed by atoms with Crippen molar-refractivity contribution in [1.82, 2.24) is 4.98 Å². The van der Waals surface area contributed by atoms with Crippen molar-refractivity contribution in [3.05, 3.63) is 41.1 Å². The van der Waals surface area contributed by atoms with Gasteiger partial charge in [0, 0.05) is 11.1 Å². The predicted molar refractivity (Wildman–Crippen MR) is 71.1 cm³/mol. The molecular formula is C15H19NO. The first-order valence-corrected chi connectivity index (χ1v) is 6.19. The van der Waals surface area contributed by atoms with Crippen molar-refractivity contribution < 1.29 is 5.11 Å². The topological polar surface area (TPSA) is 33.1 Å². The summed E-state index contributed by atoms with van der Waals surface area (Å²) in [6.45, 7) is 6.47. The van der Waals surface area contributed by atoms with Crippen molar-refractivity contribution in [1.29, 1.82) is 0 Å².